The molecule has 2 aromatic heterocycles. The predicted molar refractivity (Wildman–Crippen MR) is 56.6 cm³/mol. The quantitative estimate of drug-likeness (QED) is 0.766. The highest BCUT2D eigenvalue weighted by atomic mass is 16.3. The highest BCUT2D eigenvalue weighted by Crippen LogP contribution is 2.28. The largest absolute Gasteiger partial charge is 0.439 e. The summed E-state index contributed by atoms with van der Waals surface area (Å²) in [4.78, 5) is 8.60. The minimum atomic E-state index is 0.388. The van der Waals surface area contributed by atoms with Gasteiger partial charge in [0.25, 0.3) is 0 Å². The first-order valence-corrected chi connectivity index (χ1v) is 5.29. The molecule has 1 saturated heterocycles. The van der Waals surface area contributed by atoms with E-state index in [9.17, 15) is 0 Å². The number of fused-ring (bicyclic) bond motifs is 1. The van der Waals surface area contributed by atoms with Crippen molar-refractivity contribution in [1.29, 1.82) is 0 Å². The molecule has 3 rings (SSSR count). The Morgan fingerprint density at radius 3 is 3.20 bits per heavy atom. The van der Waals surface area contributed by atoms with Gasteiger partial charge in [0, 0.05) is 12.2 Å². The second kappa shape index (κ2) is 3.31. The normalized spacial score (nSPS) is 26.2. The topological polar surface area (TPSA) is 51.0 Å². The molecule has 2 atom stereocenters. The van der Waals surface area contributed by atoms with Gasteiger partial charge in [-0.05, 0) is 32.0 Å². The molecular formula is C11H13N3O. The Labute approximate surface area is 87.7 Å². The molecule has 0 bridgehead atoms. The third kappa shape index (κ3) is 1.41. The minimum absolute atomic E-state index is 0.388. The fraction of sp³-hybridized carbons (Fsp3) is 0.455. The van der Waals surface area contributed by atoms with E-state index in [4.69, 9.17) is 4.42 Å². The lowest BCUT2D eigenvalue weighted by Gasteiger charge is -2.09. The van der Waals surface area contributed by atoms with Crippen LogP contribution >= 0.6 is 0 Å². The van der Waals surface area contributed by atoms with E-state index < -0.39 is 0 Å². The van der Waals surface area contributed by atoms with Crippen molar-refractivity contribution in [3.05, 3.63) is 24.2 Å². The van der Waals surface area contributed by atoms with Crippen molar-refractivity contribution in [3.8, 4) is 0 Å². The fourth-order valence-corrected chi connectivity index (χ4v) is 2.14. The van der Waals surface area contributed by atoms with Crippen molar-refractivity contribution in [3.63, 3.8) is 0 Å². The summed E-state index contributed by atoms with van der Waals surface area (Å²) in [5.74, 6) is 1.21. The number of rotatable bonds is 1. The first-order valence-electron chi connectivity index (χ1n) is 5.29. The molecule has 15 heavy (non-hydrogen) atoms. The second-order valence-electron chi connectivity index (χ2n) is 4.02. The van der Waals surface area contributed by atoms with Crippen LogP contribution in [-0.4, -0.2) is 22.6 Å². The van der Waals surface area contributed by atoms with E-state index >= 15 is 0 Å². The maximum Gasteiger partial charge on any atom is 0.201 e. The number of oxazole rings is 1. The highest BCUT2D eigenvalue weighted by molar-refractivity contribution is 5.67. The van der Waals surface area contributed by atoms with E-state index in [0.717, 1.165) is 24.4 Å². The van der Waals surface area contributed by atoms with Crippen LogP contribution in [0, 0.1) is 0 Å². The van der Waals surface area contributed by atoms with Crippen LogP contribution in [0.3, 0.4) is 0 Å². The van der Waals surface area contributed by atoms with Gasteiger partial charge in [-0.1, -0.05) is 0 Å². The smallest absolute Gasteiger partial charge is 0.201 e. The molecule has 0 spiro atoms. The summed E-state index contributed by atoms with van der Waals surface area (Å²) < 4.78 is 5.71. The highest BCUT2D eigenvalue weighted by Gasteiger charge is 2.28. The van der Waals surface area contributed by atoms with Crippen LogP contribution in [0.25, 0.3) is 11.2 Å². The Kier molecular flexibility index (Phi) is 1.95. The van der Waals surface area contributed by atoms with Crippen LogP contribution in [0.1, 0.15) is 25.2 Å². The molecule has 0 saturated carbocycles. The van der Waals surface area contributed by atoms with Crippen molar-refractivity contribution >= 4 is 11.2 Å². The maximum absolute atomic E-state index is 5.71. The Bertz CT molecular complexity index is 446. The number of nitrogens with one attached hydrogen (secondary N) is 1. The summed E-state index contributed by atoms with van der Waals surface area (Å²) in [7, 11) is 0. The summed E-state index contributed by atoms with van der Waals surface area (Å²) in [6.07, 6.45) is 2.83. The molecule has 3 heterocycles. The van der Waals surface area contributed by atoms with Crippen molar-refractivity contribution in [1.82, 2.24) is 15.3 Å². The molecule has 4 nitrogen and oxygen atoms in total. The van der Waals surface area contributed by atoms with Gasteiger partial charge in [0.05, 0.1) is 5.92 Å². The molecule has 1 N–H and O–H groups in total. The number of hydrogen-bond acceptors (Lipinski definition) is 4. The van der Waals surface area contributed by atoms with E-state index in [2.05, 4.69) is 22.2 Å². The van der Waals surface area contributed by atoms with E-state index in [1.807, 2.05) is 12.1 Å². The summed E-state index contributed by atoms with van der Waals surface area (Å²) in [6, 6.07) is 4.22. The van der Waals surface area contributed by atoms with E-state index in [-0.39, 0.29) is 0 Å². The zero-order chi connectivity index (χ0) is 10.3. The third-order valence-corrected chi connectivity index (χ3v) is 3.02. The number of nitrogens with zero attached hydrogens (tertiary/aromatic N) is 2. The van der Waals surface area contributed by atoms with Gasteiger partial charge in [-0.3, -0.25) is 0 Å². The van der Waals surface area contributed by atoms with Gasteiger partial charge in [-0.15, -0.1) is 0 Å². The van der Waals surface area contributed by atoms with Gasteiger partial charge in [0.15, 0.2) is 11.2 Å². The van der Waals surface area contributed by atoms with Gasteiger partial charge in [-0.25, -0.2) is 4.98 Å². The van der Waals surface area contributed by atoms with Crippen LogP contribution in [0.4, 0.5) is 0 Å². The van der Waals surface area contributed by atoms with Crippen molar-refractivity contribution in [2.45, 2.75) is 25.3 Å². The lowest BCUT2D eigenvalue weighted by Crippen LogP contribution is -2.21. The van der Waals surface area contributed by atoms with Crippen LogP contribution in [0.15, 0.2) is 22.7 Å². The van der Waals surface area contributed by atoms with Crippen LogP contribution in [-0.2, 0) is 0 Å². The average Bonchev–Trinajstić information content (AvgIpc) is 2.82. The maximum atomic E-state index is 5.71. The molecule has 1 aliphatic heterocycles. The van der Waals surface area contributed by atoms with Crippen LogP contribution < -0.4 is 5.32 Å². The average molecular weight is 203 g/mol. The summed E-state index contributed by atoms with van der Waals surface area (Å²) in [5, 5.41) is 3.39. The lowest BCUT2D eigenvalue weighted by atomic mass is 10.0. The monoisotopic (exact) mass is 203 g/mol. The van der Waals surface area contributed by atoms with Gasteiger partial charge < -0.3 is 9.73 Å². The predicted octanol–water partition coefficient (Wildman–Crippen LogP) is 1.69. The van der Waals surface area contributed by atoms with Crippen LogP contribution in [0.2, 0.25) is 0 Å². The summed E-state index contributed by atoms with van der Waals surface area (Å²) in [5.41, 5.74) is 1.50. The minimum Gasteiger partial charge on any atom is -0.439 e. The Morgan fingerprint density at radius 2 is 2.47 bits per heavy atom. The molecule has 1 aliphatic rings. The molecule has 78 valence electrons. The SMILES string of the molecule is CC1NCCC1c1nc2ncccc2o1. The van der Waals surface area contributed by atoms with Crippen molar-refractivity contribution in [2.24, 2.45) is 0 Å². The van der Waals surface area contributed by atoms with Gasteiger partial charge in [0.2, 0.25) is 5.89 Å². The number of hydrogen-bond donors (Lipinski definition) is 1. The molecule has 4 heteroatoms. The van der Waals surface area contributed by atoms with E-state index in [0.29, 0.717) is 17.6 Å². The molecular weight excluding hydrogens is 190 g/mol. The van der Waals surface area contributed by atoms with Crippen molar-refractivity contribution in [2.75, 3.05) is 6.54 Å². The molecule has 0 amide bonds. The first kappa shape index (κ1) is 8.85. The molecule has 2 unspecified atom stereocenters. The van der Waals surface area contributed by atoms with Crippen LogP contribution in [0.5, 0.6) is 0 Å². The Morgan fingerprint density at radius 1 is 1.53 bits per heavy atom. The molecule has 0 aromatic carbocycles. The van der Waals surface area contributed by atoms with Gasteiger partial charge in [-0.2, -0.15) is 4.98 Å². The molecule has 0 aliphatic carbocycles. The third-order valence-electron chi connectivity index (χ3n) is 3.02. The van der Waals surface area contributed by atoms with Crippen molar-refractivity contribution < 1.29 is 4.42 Å². The Balaban J connectivity index is 2.04. The standard InChI is InChI=1S/C11H13N3O/c1-7-8(4-6-12-7)11-14-10-9(15-11)3-2-5-13-10/h2-3,5,7-8,12H,4,6H2,1H3. The Hall–Kier alpha value is -1.42. The number of aromatic nitrogens is 2. The number of pyridine rings is 1. The first-order chi connectivity index (χ1) is 7.34. The lowest BCUT2D eigenvalue weighted by molar-refractivity contribution is 0.447. The summed E-state index contributed by atoms with van der Waals surface area (Å²) >= 11 is 0. The second-order valence-corrected chi connectivity index (χ2v) is 4.02. The van der Waals surface area contributed by atoms with E-state index in [1.54, 1.807) is 6.20 Å². The molecule has 1 fully saturated rings. The van der Waals surface area contributed by atoms with E-state index in [1.165, 1.54) is 0 Å². The van der Waals surface area contributed by atoms with Gasteiger partial charge in [0.1, 0.15) is 0 Å². The zero-order valence-electron chi connectivity index (χ0n) is 8.60. The zero-order valence-corrected chi connectivity index (χ0v) is 8.60. The summed E-state index contributed by atoms with van der Waals surface area (Å²) in [6.45, 7) is 3.21. The fourth-order valence-electron chi connectivity index (χ4n) is 2.14. The van der Waals surface area contributed by atoms with Gasteiger partial charge >= 0.3 is 0 Å². The molecule has 2 aromatic rings. The molecule has 0 radical (unpaired) electrons.